The predicted octanol–water partition coefficient (Wildman–Crippen LogP) is 1.87. The molecule has 15 heavy (non-hydrogen) atoms. The van der Waals surface area contributed by atoms with E-state index in [1.165, 1.54) is 0 Å². The number of halogens is 2. The zero-order valence-corrected chi connectivity index (χ0v) is 9.80. The van der Waals surface area contributed by atoms with E-state index >= 15 is 0 Å². The third-order valence-electron chi connectivity index (χ3n) is 2.00. The molecule has 1 aliphatic rings. The van der Waals surface area contributed by atoms with Gasteiger partial charge in [0.15, 0.2) is 0 Å². The van der Waals surface area contributed by atoms with Gasteiger partial charge in [-0.15, -0.1) is 0 Å². The number of carbonyl (C=O) groups excluding carboxylic acids is 1. The number of hydrogen-bond donors (Lipinski definition) is 0. The summed E-state index contributed by atoms with van der Waals surface area (Å²) in [5, 5.41) is -3.59. The van der Waals surface area contributed by atoms with Gasteiger partial charge in [0.05, 0.1) is 7.11 Å². The van der Waals surface area contributed by atoms with Crippen LogP contribution in [-0.2, 0) is 9.53 Å². The maximum atomic E-state index is 13.1. The lowest BCUT2D eigenvalue weighted by Gasteiger charge is -2.20. The van der Waals surface area contributed by atoms with Gasteiger partial charge in [-0.3, -0.25) is 0 Å². The fraction of sp³-hybridized carbons (Fsp3) is 0.750. The Bertz CT molecular complexity index is 267. The van der Waals surface area contributed by atoms with Crippen LogP contribution in [0.4, 0.5) is 8.78 Å². The van der Waals surface area contributed by atoms with Crippen LogP contribution in [0.3, 0.4) is 0 Å². The summed E-state index contributed by atoms with van der Waals surface area (Å²) in [7, 11) is 0.926. The fourth-order valence-electron chi connectivity index (χ4n) is 1.23. The van der Waals surface area contributed by atoms with E-state index in [1.54, 1.807) is 4.90 Å². The third-order valence-corrected chi connectivity index (χ3v) is 3.37. The number of methoxy groups -OCH3 is 1. The van der Waals surface area contributed by atoms with Gasteiger partial charge in [0.25, 0.3) is 0 Å². The van der Waals surface area contributed by atoms with Gasteiger partial charge < -0.3 is 9.64 Å². The van der Waals surface area contributed by atoms with E-state index in [9.17, 15) is 13.6 Å². The van der Waals surface area contributed by atoms with Gasteiger partial charge in [-0.05, 0) is 24.6 Å². The smallest absolute Gasteiger partial charge is 0.395 e. The van der Waals surface area contributed by atoms with E-state index in [1.807, 2.05) is 0 Å². The second-order valence-corrected chi connectivity index (χ2v) is 4.82. The Hall–Kier alpha value is -0.430. The summed E-state index contributed by atoms with van der Waals surface area (Å²) in [5.74, 6) is -1.56. The van der Waals surface area contributed by atoms with Crippen molar-refractivity contribution < 1.29 is 18.3 Å². The number of rotatable bonds is 2. The molecule has 0 amide bonds. The molecule has 1 aliphatic heterocycles. The van der Waals surface area contributed by atoms with Crippen molar-refractivity contribution >= 4 is 34.3 Å². The lowest BCUT2D eigenvalue weighted by molar-refractivity contribution is -0.156. The van der Waals surface area contributed by atoms with Crippen LogP contribution in [0.15, 0.2) is 0 Å². The standard InChI is InChI=1S/C8H11F2NO2S2/c1-13-6(12)8(9,10)15-7(14)11-4-2-3-5-11/h2-5H2,1H3. The first-order chi connectivity index (χ1) is 6.97. The molecule has 0 N–H and O–H groups in total. The number of hydrogen-bond acceptors (Lipinski definition) is 4. The first-order valence-corrected chi connectivity index (χ1v) is 5.64. The van der Waals surface area contributed by atoms with Gasteiger partial charge in [-0.25, -0.2) is 4.79 Å². The molecule has 0 radical (unpaired) electrons. The lowest BCUT2D eigenvalue weighted by atomic mass is 10.4. The Morgan fingerprint density at radius 1 is 1.47 bits per heavy atom. The molecule has 0 aliphatic carbocycles. The maximum absolute atomic E-state index is 13.1. The van der Waals surface area contributed by atoms with Gasteiger partial charge in [-0.2, -0.15) is 8.78 Å². The van der Waals surface area contributed by atoms with Crippen molar-refractivity contribution in [3.63, 3.8) is 0 Å². The summed E-state index contributed by atoms with van der Waals surface area (Å²) < 4.78 is 30.2. The molecule has 0 spiro atoms. The summed E-state index contributed by atoms with van der Waals surface area (Å²) in [6.45, 7) is 1.37. The molecule has 1 heterocycles. The number of thioether (sulfide) groups is 1. The van der Waals surface area contributed by atoms with Crippen LogP contribution in [0.5, 0.6) is 0 Å². The fourth-order valence-corrected chi connectivity index (χ4v) is 2.43. The maximum Gasteiger partial charge on any atom is 0.395 e. The van der Waals surface area contributed by atoms with Crippen LogP contribution in [0.25, 0.3) is 0 Å². The van der Waals surface area contributed by atoms with Crippen LogP contribution >= 0.6 is 24.0 Å². The number of esters is 1. The topological polar surface area (TPSA) is 29.5 Å². The molecule has 0 aromatic rings. The molecule has 0 aromatic heterocycles. The summed E-state index contributed by atoms with van der Waals surface area (Å²) in [6.07, 6.45) is 1.90. The molecule has 3 nitrogen and oxygen atoms in total. The minimum Gasteiger partial charge on any atom is -0.464 e. The second-order valence-electron chi connectivity index (χ2n) is 3.07. The average Bonchev–Trinajstić information content (AvgIpc) is 2.68. The van der Waals surface area contributed by atoms with Crippen molar-refractivity contribution in [2.24, 2.45) is 0 Å². The molecule has 0 aromatic carbocycles. The number of carbonyl (C=O) groups is 1. The monoisotopic (exact) mass is 255 g/mol. The number of alkyl halides is 2. The van der Waals surface area contributed by atoms with Crippen molar-refractivity contribution in [2.45, 2.75) is 18.1 Å². The highest BCUT2D eigenvalue weighted by atomic mass is 32.2. The Balaban J connectivity index is 2.52. The predicted molar refractivity (Wildman–Crippen MR) is 58.0 cm³/mol. The second kappa shape index (κ2) is 5.07. The van der Waals surface area contributed by atoms with E-state index in [-0.39, 0.29) is 16.1 Å². The van der Waals surface area contributed by atoms with Gasteiger partial charge in [0, 0.05) is 13.1 Å². The van der Waals surface area contributed by atoms with E-state index in [4.69, 9.17) is 12.2 Å². The minimum absolute atomic E-state index is 0.0582. The highest BCUT2D eigenvalue weighted by Crippen LogP contribution is 2.33. The summed E-state index contributed by atoms with van der Waals surface area (Å²) in [5.41, 5.74) is 0. The summed E-state index contributed by atoms with van der Waals surface area (Å²) in [6, 6.07) is 0. The van der Waals surface area contributed by atoms with E-state index < -0.39 is 11.2 Å². The van der Waals surface area contributed by atoms with Gasteiger partial charge in [0.1, 0.15) is 4.32 Å². The summed E-state index contributed by atoms with van der Waals surface area (Å²) >= 11 is 4.91. The molecule has 1 fully saturated rings. The lowest BCUT2D eigenvalue weighted by Crippen LogP contribution is -2.32. The van der Waals surface area contributed by atoms with Crippen LogP contribution in [0.1, 0.15) is 12.8 Å². The Labute approximate surface area is 96.1 Å². The summed E-state index contributed by atoms with van der Waals surface area (Å²) in [4.78, 5) is 12.4. The number of likely N-dealkylation sites (tertiary alicyclic amines) is 1. The number of ether oxygens (including phenoxy) is 1. The molecular weight excluding hydrogens is 244 g/mol. The highest BCUT2D eigenvalue weighted by molar-refractivity contribution is 8.24. The van der Waals surface area contributed by atoms with Gasteiger partial charge >= 0.3 is 11.2 Å². The van der Waals surface area contributed by atoms with Gasteiger partial charge in [0.2, 0.25) is 0 Å². The first-order valence-electron chi connectivity index (χ1n) is 4.41. The first kappa shape index (κ1) is 12.6. The van der Waals surface area contributed by atoms with Crippen LogP contribution < -0.4 is 0 Å². The average molecular weight is 255 g/mol. The van der Waals surface area contributed by atoms with E-state index in [0.717, 1.165) is 20.0 Å². The third kappa shape index (κ3) is 3.27. The molecule has 0 atom stereocenters. The molecule has 0 saturated carbocycles. The molecular formula is C8H11F2NO2S2. The Morgan fingerprint density at radius 3 is 2.47 bits per heavy atom. The molecule has 0 bridgehead atoms. The Morgan fingerprint density at radius 2 is 2.00 bits per heavy atom. The van der Waals surface area contributed by atoms with Crippen molar-refractivity contribution in [3.8, 4) is 0 Å². The Kier molecular flexibility index (Phi) is 4.27. The minimum atomic E-state index is -3.59. The SMILES string of the molecule is COC(=O)C(F)(F)SC(=S)N1CCCC1. The van der Waals surface area contributed by atoms with Crippen molar-refractivity contribution in [1.82, 2.24) is 4.90 Å². The van der Waals surface area contributed by atoms with Crippen molar-refractivity contribution in [1.29, 1.82) is 0 Å². The van der Waals surface area contributed by atoms with Gasteiger partial charge in [-0.1, -0.05) is 12.2 Å². The van der Waals surface area contributed by atoms with E-state index in [0.29, 0.717) is 13.1 Å². The molecule has 86 valence electrons. The highest BCUT2D eigenvalue weighted by Gasteiger charge is 2.43. The number of nitrogens with zero attached hydrogens (tertiary/aromatic N) is 1. The zero-order chi connectivity index (χ0) is 11.5. The normalized spacial score (nSPS) is 16.6. The van der Waals surface area contributed by atoms with E-state index in [2.05, 4.69) is 4.74 Å². The molecule has 1 rings (SSSR count). The molecule has 1 saturated heterocycles. The van der Waals surface area contributed by atoms with Crippen molar-refractivity contribution in [2.75, 3.05) is 20.2 Å². The van der Waals surface area contributed by atoms with Crippen molar-refractivity contribution in [3.05, 3.63) is 0 Å². The molecule has 7 heteroatoms. The number of thiocarbonyl (C=S) groups is 1. The van der Waals surface area contributed by atoms with Crippen LogP contribution in [-0.4, -0.2) is 40.6 Å². The van der Waals surface area contributed by atoms with Crippen LogP contribution in [0.2, 0.25) is 0 Å². The quantitative estimate of drug-likeness (QED) is 0.555. The zero-order valence-electron chi connectivity index (χ0n) is 8.16. The molecule has 0 unspecified atom stereocenters. The largest absolute Gasteiger partial charge is 0.464 e. The van der Waals surface area contributed by atoms with Crippen LogP contribution in [0, 0.1) is 0 Å².